The van der Waals surface area contributed by atoms with Crippen LogP contribution in [0.2, 0.25) is 0 Å². The van der Waals surface area contributed by atoms with Crippen LogP contribution in [0, 0.1) is 0 Å². The number of aldehydes is 1. The lowest BCUT2D eigenvalue weighted by Crippen LogP contribution is -2.15. The highest BCUT2D eigenvalue weighted by Crippen LogP contribution is 2.19. The van der Waals surface area contributed by atoms with Gasteiger partial charge in [-0.1, -0.05) is 10.4 Å². The molecule has 0 aliphatic rings. The van der Waals surface area contributed by atoms with E-state index in [1.54, 1.807) is 169 Å². The summed E-state index contributed by atoms with van der Waals surface area (Å²) in [4.78, 5) is 38.1. The number of carbonyl (C=O) groups is 2. The lowest BCUT2D eigenvalue weighted by molar-refractivity contribution is 0.102. The number of aliphatic hydroxyl groups is 1. The Morgan fingerprint density at radius 1 is 0.549 bits per heavy atom. The molecule has 4 N–H and O–H groups in total. The van der Waals surface area contributed by atoms with Crippen LogP contribution in [0.15, 0.2) is 129 Å². The lowest BCUT2D eigenvalue weighted by Gasteiger charge is -2.08. The Bertz CT molecular complexity index is 3100. The van der Waals surface area contributed by atoms with E-state index in [0.29, 0.717) is 34.3 Å². The van der Waals surface area contributed by atoms with E-state index in [1.807, 2.05) is 59.2 Å². The van der Waals surface area contributed by atoms with E-state index in [1.165, 1.54) is 12.4 Å². The predicted octanol–water partition coefficient (Wildman–Crippen LogP) is 1.25. The zero-order valence-corrected chi connectivity index (χ0v) is 40.9. The summed E-state index contributed by atoms with van der Waals surface area (Å²) in [6.45, 7) is 0. The van der Waals surface area contributed by atoms with Crippen LogP contribution < -0.4 is 5.73 Å². The normalized spacial score (nSPS) is 11.5. The number of aliphatic hydroxyl groups excluding tert-OH is 1. The molecule has 0 saturated heterocycles. The maximum absolute atomic E-state index is 11.8. The van der Waals surface area contributed by atoms with Crippen LogP contribution in [0.4, 0.5) is 0 Å². The summed E-state index contributed by atoms with van der Waals surface area (Å²) in [5, 5.41) is 49.1. The van der Waals surface area contributed by atoms with Crippen molar-refractivity contribution in [2.75, 3.05) is 0 Å². The molecule has 0 spiro atoms. The molecule has 0 radical (unpaired) electrons. The van der Waals surface area contributed by atoms with Crippen molar-refractivity contribution in [1.29, 1.82) is 0 Å². The van der Waals surface area contributed by atoms with Crippen molar-refractivity contribution in [2.45, 2.75) is 12.1 Å². The summed E-state index contributed by atoms with van der Waals surface area (Å²) in [5.41, 5.74) is 10.1. The fraction of sp³-hybridized carbons (Fsp3) is 0.273. The van der Waals surface area contributed by atoms with Gasteiger partial charge in [-0.05, 0) is 0 Å². The predicted molar refractivity (Wildman–Crippen MR) is 256 cm³/mol. The van der Waals surface area contributed by atoms with Crippen LogP contribution in [0.1, 0.15) is 72.8 Å². The molecule has 27 nitrogen and oxygen atoms in total. The van der Waals surface area contributed by atoms with Crippen LogP contribution in [0.3, 0.4) is 0 Å². The van der Waals surface area contributed by atoms with E-state index in [-0.39, 0.29) is 11.8 Å². The molecule has 0 aromatic carbocycles. The van der Waals surface area contributed by atoms with Crippen molar-refractivity contribution < 1.29 is 19.9 Å². The summed E-state index contributed by atoms with van der Waals surface area (Å²) in [7, 11) is 18.3. The van der Waals surface area contributed by atoms with Gasteiger partial charge >= 0.3 is 0 Å². The van der Waals surface area contributed by atoms with Crippen molar-refractivity contribution >= 4 is 17.8 Å². The van der Waals surface area contributed by atoms with Crippen LogP contribution in [-0.4, -0.2) is 130 Å². The molecule has 0 aliphatic carbocycles. The average Bonchev–Trinajstić information content (AvgIpc) is 4.18. The van der Waals surface area contributed by atoms with E-state index < -0.39 is 6.10 Å². The zero-order chi connectivity index (χ0) is 51.6. The van der Waals surface area contributed by atoms with Crippen molar-refractivity contribution in [2.24, 2.45) is 81.4 Å². The average molecular weight is 972 g/mol. The van der Waals surface area contributed by atoms with Crippen molar-refractivity contribution in [3.63, 3.8) is 0 Å². The number of ketones is 1. The first-order chi connectivity index (χ1) is 34.0. The number of nitrogens with zero attached hydrogens (tertiary/aromatic N) is 22. The second kappa shape index (κ2) is 25.2. The van der Waals surface area contributed by atoms with Crippen LogP contribution in [-0.2, 0) is 70.5 Å². The topological polar surface area (TPSA) is 304 Å². The minimum atomic E-state index is -0.705. The van der Waals surface area contributed by atoms with Gasteiger partial charge in [0.05, 0.1) is 54.3 Å². The second-order valence-corrected chi connectivity index (χ2v) is 15.5. The van der Waals surface area contributed by atoms with Gasteiger partial charge in [0, 0.05) is 174 Å². The van der Waals surface area contributed by atoms with Gasteiger partial charge in [-0.3, -0.25) is 37.7 Å². The molecule has 10 aromatic heterocycles. The number of hydrogen-bond donors (Lipinski definition) is 3. The number of imidazole rings is 4. The van der Waals surface area contributed by atoms with Crippen LogP contribution >= 0.6 is 0 Å². The molecule has 10 aromatic rings. The number of hydrogen-bond acceptors (Lipinski definition) is 17. The molecule has 0 amide bonds. The van der Waals surface area contributed by atoms with Gasteiger partial charge in [-0.25, -0.2) is 19.9 Å². The van der Waals surface area contributed by atoms with Crippen molar-refractivity contribution in [3.05, 3.63) is 175 Å². The van der Waals surface area contributed by atoms with E-state index in [9.17, 15) is 14.7 Å². The summed E-state index contributed by atoms with van der Waals surface area (Å²) in [6, 6.07) is -0.205. The molecule has 27 heteroatoms. The molecular weight excluding hydrogens is 915 g/mol. The smallest absolute Gasteiger partial charge is 0.231 e. The van der Waals surface area contributed by atoms with E-state index in [0.717, 1.165) is 28.8 Å². The third-order valence-corrected chi connectivity index (χ3v) is 9.87. The summed E-state index contributed by atoms with van der Waals surface area (Å²) in [6.07, 6.45) is 34.2. The van der Waals surface area contributed by atoms with Crippen LogP contribution in [0.5, 0.6) is 0 Å². The Morgan fingerprint density at radius 3 is 1.41 bits per heavy atom. The van der Waals surface area contributed by atoms with E-state index >= 15 is 0 Å². The summed E-state index contributed by atoms with van der Waals surface area (Å²) in [5.74, 6) is 2.39. The number of carbonyl (C=O) groups excluding carboxylic acids is 2. The summed E-state index contributed by atoms with van der Waals surface area (Å²) >= 11 is 0. The largest absolute Gasteiger partial charge is 0.410 e. The lowest BCUT2D eigenvalue weighted by atomic mass is 10.1. The van der Waals surface area contributed by atoms with Gasteiger partial charge in [0.15, 0.2) is 23.6 Å². The van der Waals surface area contributed by atoms with Gasteiger partial charge in [-0.15, -0.1) is 5.10 Å². The van der Waals surface area contributed by atoms with Gasteiger partial charge in [-0.2, -0.15) is 25.5 Å². The van der Waals surface area contributed by atoms with Gasteiger partial charge in [0.2, 0.25) is 5.78 Å². The Labute approximate surface area is 407 Å². The third kappa shape index (κ3) is 14.9. The molecule has 372 valence electrons. The maximum atomic E-state index is 11.8. The number of oxime groups is 1. The van der Waals surface area contributed by atoms with E-state index in [4.69, 9.17) is 10.9 Å². The monoisotopic (exact) mass is 971 g/mol. The van der Waals surface area contributed by atoms with Crippen LogP contribution in [0.25, 0.3) is 0 Å². The molecule has 0 saturated carbocycles. The standard InChI is InChI=1S/C9H11N5O.C9H13N5.C9H12N4O.C9H10N4O.C5H6N2O.C3H5N3/c1-13-4-3-10-9(13)8(12-15)7-5-11-14(2)6-7;1-13-4-3-11-9(13)8(10)7-5-12-14(2)6-7;2*1-12-4-3-10-9(12)8(14)7-5-11-13(2)6-7;1-7-3-5(4-8)2-6-7;1-6-3-2-4-5-6/h3-6,15H,1-2H3;3-6,8H,10H2,1-2H3;3-6,8,14H,1-2H3;3-6H,1-2H3;2-4H,1H3;2-3H,1H3/b12-8-;;;;;. The Kier molecular flexibility index (Phi) is 18.7. The zero-order valence-electron chi connectivity index (χ0n) is 40.9. The number of rotatable bonds is 9. The fourth-order valence-electron chi connectivity index (χ4n) is 6.19. The fourth-order valence-corrected chi connectivity index (χ4v) is 6.19. The number of aromatic nitrogens is 21. The Balaban J connectivity index is 0.000000162. The minimum Gasteiger partial charge on any atom is -0.410 e. The second-order valence-electron chi connectivity index (χ2n) is 15.5. The highest BCUT2D eigenvalue weighted by Gasteiger charge is 2.18. The van der Waals surface area contributed by atoms with Crippen molar-refractivity contribution in [1.82, 2.24) is 102 Å². The molecule has 0 fully saturated rings. The molecular formula is C44H57N23O4. The number of aryl methyl sites for hydroxylation is 10. The SMILES string of the molecule is Cn1cc(/C(=N/O)c2nccn2C)cn1.Cn1cc(C(=O)c2nccn2C)cn1.Cn1cc(C(N)c2nccn2C)cn1.Cn1cc(C(O)c2nccn2C)cn1.Cn1cc(C=O)cn1.Cn1ccnn1. The van der Waals surface area contributed by atoms with E-state index in [2.05, 4.69) is 60.9 Å². The first kappa shape index (κ1) is 52.7. The maximum Gasteiger partial charge on any atom is 0.231 e. The number of nitrogens with two attached hydrogens (primary N) is 1. The minimum absolute atomic E-state index is 0.106. The van der Waals surface area contributed by atoms with Crippen molar-refractivity contribution in [3.8, 4) is 0 Å². The summed E-state index contributed by atoms with van der Waals surface area (Å²) < 4.78 is 17.0. The molecule has 2 unspecified atom stereocenters. The third-order valence-electron chi connectivity index (χ3n) is 9.87. The molecule has 0 aliphatic heterocycles. The first-order valence-corrected chi connectivity index (χ1v) is 21.3. The molecule has 2 atom stereocenters. The van der Waals surface area contributed by atoms with Gasteiger partial charge in [0.1, 0.15) is 17.8 Å². The highest BCUT2D eigenvalue weighted by atomic mass is 16.4. The molecule has 10 rings (SSSR count). The van der Waals surface area contributed by atoms with Gasteiger partial charge in [0.25, 0.3) is 0 Å². The van der Waals surface area contributed by atoms with Gasteiger partial charge < -0.3 is 34.3 Å². The molecule has 10 heterocycles. The first-order valence-electron chi connectivity index (χ1n) is 21.3. The molecule has 0 bridgehead atoms. The quantitative estimate of drug-likeness (QED) is 0.0603. The Morgan fingerprint density at radius 2 is 1.03 bits per heavy atom. The molecule has 71 heavy (non-hydrogen) atoms. The Hall–Kier alpha value is -9.24. The highest BCUT2D eigenvalue weighted by molar-refractivity contribution is 6.10.